The van der Waals surface area contributed by atoms with Crippen LogP contribution >= 0.6 is 0 Å². The predicted octanol–water partition coefficient (Wildman–Crippen LogP) is 18.1. The van der Waals surface area contributed by atoms with E-state index in [1.54, 1.807) is 0 Å². The van der Waals surface area contributed by atoms with Gasteiger partial charge in [-0.3, -0.25) is 9.55 Å². The van der Waals surface area contributed by atoms with E-state index in [-0.39, 0.29) is 32.8 Å². The van der Waals surface area contributed by atoms with Gasteiger partial charge in [0.05, 0.1) is 22.3 Å². The molecule has 1 N–H and O–H groups in total. The molecule has 69 heavy (non-hydrogen) atoms. The van der Waals surface area contributed by atoms with Crippen molar-refractivity contribution in [3.05, 3.63) is 167 Å². The topological polar surface area (TPSA) is 50.9 Å². The van der Waals surface area contributed by atoms with Gasteiger partial charge in [-0.25, -0.2) is 4.98 Å². The zero-order valence-corrected chi connectivity index (χ0v) is 44.5. The Morgan fingerprint density at radius 3 is 1.71 bits per heavy atom. The quantitative estimate of drug-likeness (QED) is 0.173. The summed E-state index contributed by atoms with van der Waals surface area (Å²) in [5, 5.41) is 12.6. The highest BCUT2D eigenvalue weighted by molar-refractivity contribution is 5.97. The zero-order chi connectivity index (χ0) is 51.1. The highest BCUT2D eigenvalue weighted by Crippen LogP contribution is 2.46. The van der Waals surface area contributed by atoms with Gasteiger partial charge in [0.2, 0.25) is 0 Å². The summed E-state index contributed by atoms with van der Waals surface area (Å²) >= 11 is 0. The van der Waals surface area contributed by atoms with E-state index in [0.717, 1.165) is 78.0 Å². The van der Waals surface area contributed by atoms with Crippen LogP contribution in [0.5, 0.6) is 5.75 Å². The fourth-order valence-corrected chi connectivity index (χ4v) is 9.57. The van der Waals surface area contributed by atoms with Crippen LogP contribution in [0, 0.1) is 0 Å². The Morgan fingerprint density at radius 1 is 0.478 bits per heavy atom. The van der Waals surface area contributed by atoms with Gasteiger partial charge >= 0.3 is 0 Å². The fraction of sp³-hybridized carbons (Fsp3) is 0.354. The lowest BCUT2D eigenvalue weighted by atomic mass is 9.79. The number of hydrogen-bond donors (Lipinski definition) is 1. The van der Waals surface area contributed by atoms with Crippen LogP contribution < -0.4 is 0 Å². The van der Waals surface area contributed by atoms with Crippen molar-refractivity contribution in [2.45, 2.75) is 151 Å². The Kier molecular flexibility index (Phi) is 12.2. The Hall–Kier alpha value is -6.26. The summed E-state index contributed by atoms with van der Waals surface area (Å²) in [6.45, 7) is 37.3. The van der Waals surface area contributed by atoms with Crippen molar-refractivity contribution in [3.8, 4) is 67.5 Å². The molecule has 0 bridgehead atoms. The second kappa shape index (κ2) is 17.6. The first-order valence-electron chi connectivity index (χ1n) is 25.3. The average Bonchev–Trinajstić information content (AvgIpc) is 3.66. The molecular weight excluding hydrogens is 839 g/mol. The lowest BCUT2D eigenvalue weighted by Crippen LogP contribution is -2.17. The smallest absolute Gasteiger partial charge is 0.149 e. The normalized spacial score (nSPS) is 13.3. The summed E-state index contributed by atoms with van der Waals surface area (Å²) in [4.78, 5) is 10.7. The molecule has 0 spiro atoms. The number of para-hydroxylation sites is 1. The lowest BCUT2D eigenvalue weighted by molar-refractivity contribution is 0.446. The molecule has 0 aliphatic carbocycles. The third kappa shape index (κ3) is 9.83. The third-order valence-corrected chi connectivity index (χ3v) is 13.8. The number of fused-ring (bicyclic) bond motifs is 1. The van der Waals surface area contributed by atoms with Gasteiger partial charge in [-0.2, -0.15) is 0 Å². The van der Waals surface area contributed by atoms with E-state index in [4.69, 9.17) is 9.97 Å². The van der Waals surface area contributed by atoms with Crippen LogP contribution in [-0.4, -0.2) is 19.6 Å². The Labute approximate surface area is 415 Å². The van der Waals surface area contributed by atoms with Crippen molar-refractivity contribution in [2.75, 3.05) is 0 Å². The SMILES string of the molecule is [2H]C(C)(C)c1cc(-n2c(-c3cc(C(C)(C)C)cc(C(C)(C)C)c3O)nc3c(-c4cc(-c5cc(-c6ccc(C(C)(C)C)cc6)ccn5)cc(C(C)(C)C)c4)cccc32)ccc1-c1ccccc1C(C)(C)C. The van der Waals surface area contributed by atoms with Crippen molar-refractivity contribution in [3.63, 3.8) is 0 Å². The van der Waals surface area contributed by atoms with Gasteiger partial charge < -0.3 is 5.11 Å². The summed E-state index contributed by atoms with van der Waals surface area (Å²) in [6, 6.07) is 46.0. The van der Waals surface area contributed by atoms with Crippen LogP contribution in [0.25, 0.3) is 72.7 Å². The van der Waals surface area contributed by atoms with Crippen LogP contribution in [0.1, 0.15) is 158 Å². The first-order valence-corrected chi connectivity index (χ1v) is 24.8. The summed E-state index contributed by atoms with van der Waals surface area (Å²) in [5.74, 6) is -0.0740. The molecule has 0 unspecified atom stereocenters. The van der Waals surface area contributed by atoms with Gasteiger partial charge in [-0.05, 0) is 137 Å². The van der Waals surface area contributed by atoms with Crippen LogP contribution in [0.15, 0.2) is 134 Å². The van der Waals surface area contributed by atoms with E-state index >= 15 is 0 Å². The number of imidazole rings is 1. The van der Waals surface area contributed by atoms with Crippen LogP contribution in [0.2, 0.25) is 0 Å². The van der Waals surface area contributed by atoms with Gasteiger partial charge in [0, 0.05) is 29.9 Å². The summed E-state index contributed by atoms with van der Waals surface area (Å²) < 4.78 is 11.9. The first-order chi connectivity index (χ1) is 32.4. The second-order valence-corrected chi connectivity index (χ2v) is 24.7. The molecule has 0 saturated heterocycles. The molecule has 4 nitrogen and oxygen atoms in total. The minimum Gasteiger partial charge on any atom is -0.507 e. The molecule has 2 aromatic heterocycles. The lowest BCUT2D eigenvalue weighted by Gasteiger charge is -2.28. The number of benzene rings is 6. The minimum atomic E-state index is -0.948. The van der Waals surface area contributed by atoms with Crippen molar-refractivity contribution < 1.29 is 6.48 Å². The number of hydrogen-bond acceptors (Lipinski definition) is 3. The Bertz CT molecular complexity index is 3250. The van der Waals surface area contributed by atoms with Crippen molar-refractivity contribution in [1.29, 1.82) is 0 Å². The Balaban J connectivity index is 1.42. The molecule has 8 rings (SSSR count). The molecule has 2 heterocycles. The van der Waals surface area contributed by atoms with Crippen LogP contribution in [0.4, 0.5) is 0 Å². The number of pyridine rings is 1. The summed E-state index contributed by atoms with van der Waals surface area (Å²) in [5.41, 5.74) is 17.6. The van der Waals surface area contributed by atoms with E-state index in [1.165, 1.54) is 16.7 Å². The molecule has 0 aliphatic rings. The van der Waals surface area contributed by atoms with Gasteiger partial charge in [-0.15, -0.1) is 0 Å². The highest BCUT2D eigenvalue weighted by Gasteiger charge is 2.30. The molecular formula is C65H75N3O. The largest absolute Gasteiger partial charge is 0.507 e. The number of nitrogens with zero attached hydrogens (tertiary/aromatic N) is 3. The Morgan fingerprint density at radius 2 is 1.09 bits per heavy atom. The number of phenols is 1. The third-order valence-electron chi connectivity index (χ3n) is 13.8. The maximum absolute atomic E-state index is 12.6. The maximum Gasteiger partial charge on any atom is 0.149 e. The molecule has 0 amide bonds. The molecule has 0 saturated carbocycles. The summed E-state index contributed by atoms with van der Waals surface area (Å²) in [6.07, 6.45) is 1.92. The van der Waals surface area contributed by atoms with E-state index in [1.807, 2.05) is 20.0 Å². The minimum absolute atomic E-state index is 0.0721. The number of phenolic OH excluding ortho intramolecular Hbond substituents is 1. The number of aromatic hydroxyl groups is 1. The van der Waals surface area contributed by atoms with Crippen LogP contribution in [0.3, 0.4) is 0 Å². The predicted molar refractivity (Wildman–Crippen MR) is 295 cm³/mol. The molecule has 4 heteroatoms. The average molecular weight is 915 g/mol. The fourth-order valence-electron chi connectivity index (χ4n) is 9.57. The molecule has 0 fully saturated rings. The van der Waals surface area contributed by atoms with Gasteiger partial charge in [0.15, 0.2) is 0 Å². The molecule has 0 aliphatic heterocycles. The standard InChI is InChI=1S/C65H75N3O/c1-40(2)52-39-48(29-30-50(52)51-21-18-19-23-54(51)64(12,13)14)68-57-24-20-22-49(58(57)67-60(68)53-37-47(63(9,10)11)38-55(59(53)69)65(15,16)17)43-33-44(35-46(34-43)62(6,7)8)56-36-42(31-32-66-56)41-25-27-45(28-26-41)61(3,4)5/h18-40,69H,1-17H3/i40D. The second-order valence-electron chi connectivity index (χ2n) is 24.7. The van der Waals surface area contributed by atoms with Crippen molar-refractivity contribution in [2.24, 2.45) is 0 Å². The van der Waals surface area contributed by atoms with Crippen molar-refractivity contribution >= 4 is 11.0 Å². The van der Waals surface area contributed by atoms with Crippen LogP contribution in [-0.2, 0) is 27.1 Å². The number of aromatic nitrogens is 3. The first kappa shape index (κ1) is 47.8. The van der Waals surface area contributed by atoms with Gasteiger partial charge in [0.1, 0.15) is 11.6 Å². The molecule has 0 radical (unpaired) electrons. The summed E-state index contributed by atoms with van der Waals surface area (Å²) in [7, 11) is 0. The van der Waals surface area contributed by atoms with Gasteiger partial charge in [-0.1, -0.05) is 197 Å². The number of rotatable bonds is 7. The molecule has 0 atom stereocenters. The monoisotopic (exact) mass is 915 g/mol. The van der Waals surface area contributed by atoms with Crippen molar-refractivity contribution in [1.82, 2.24) is 14.5 Å². The molecule has 6 aromatic carbocycles. The highest BCUT2D eigenvalue weighted by atomic mass is 16.3. The van der Waals surface area contributed by atoms with E-state index < -0.39 is 5.89 Å². The van der Waals surface area contributed by atoms with E-state index in [2.05, 4.69) is 236 Å². The van der Waals surface area contributed by atoms with Gasteiger partial charge in [0.25, 0.3) is 0 Å². The molecule has 8 aromatic rings. The zero-order valence-electron chi connectivity index (χ0n) is 45.5. The van der Waals surface area contributed by atoms with E-state index in [0.29, 0.717) is 11.4 Å². The maximum atomic E-state index is 12.6. The van der Waals surface area contributed by atoms with E-state index in [9.17, 15) is 6.48 Å². The molecule has 356 valence electrons.